The lowest BCUT2D eigenvalue weighted by Gasteiger charge is -2.14. The molecular formula is C21H17N3O3. The van der Waals surface area contributed by atoms with Crippen LogP contribution in [0, 0.1) is 0 Å². The predicted octanol–water partition coefficient (Wildman–Crippen LogP) is 3.91. The van der Waals surface area contributed by atoms with Crippen LogP contribution in [-0.4, -0.2) is 32.2 Å². The molecule has 0 aliphatic heterocycles. The quantitative estimate of drug-likeness (QED) is 0.584. The number of aliphatic carboxylic acids is 1. The number of pyridine rings is 1. The highest BCUT2D eigenvalue weighted by atomic mass is 16.5. The summed E-state index contributed by atoms with van der Waals surface area (Å²) in [6.45, 7) is -0.457. The molecule has 5 rings (SSSR count). The second kappa shape index (κ2) is 6.09. The van der Waals surface area contributed by atoms with Crippen LogP contribution in [0.4, 0.5) is 0 Å². The Morgan fingerprint density at radius 2 is 1.93 bits per heavy atom. The fraction of sp³-hybridized carbons (Fsp3) is 0.190. The van der Waals surface area contributed by atoms with Gasteiger partial charge >= 0.3 is 12.0 Å². The molecule has 1 N–H and O–H groups in total. The van der Waals surface area contributed by atoms with E-state index in [1.807, 2.05) is 28.8 Å². The zero-order chi connectivity index (χ0) is 18.4. The van der Waals surface area contributed by atoms with Crippen molar-refractivity contribution in [1.82, 2.24) is 14.5 Å². The number of ether oxygens (including phenoxy) is 1. The van der Waals surface area contributed by atoms with Gasteiger partial charge in [-0.2, -0.15) is 4.98 Å². The first-order valence-corrected chi connectivity index (χ1v) is 8.92. The second-order valence-electron chi connectivity index (χ2n) is 6.75. The van der Waals surface area contributed by atoms with Crippen LogP contribution in [0.15, 0.2) is 54.7 Å². The third kappa shape index (κ3) is 2.70. The number of aromatic nitrogens is 3. The van der Waals surface area contributed by atoms with E-state index in [-0.39, 0.29) is 6.01 Å². The average Bonchev–Trinajstić information content (AvgIpc) is 3.46. The van der Waals surface area contributed by atoms with Gasteiger partial charge in [0.25, 0.3) is 0 Å². The third-order valence-electron chi connectivity index (χ3n) is 4.92. The number of carboxylic acid groups (broad SMARTS) is 1. The first-order chi connectivity index (χ1) is 13.2. The molecule has 2 aromatic heterocycles. The van der Waals surface area contributed by atoms with Crippen molar-refractivity contribution in [3.8, 4) is 11.7 Å². The van der Waals surface area contributed by atoms with E-state index in [9.17, 15) is 4.79 Å². The number of nitrogens with zero attached hydrogens (tertiary/aromatic N) is 3. The first kappa shape index (κ1) is 15.8. The second-order valence-corrected chi connectivity index (χ2v) is 6.75. The monoisotopic (exact) mass is 359 g/mol. The van der Waals surface area contributed by atoms with Crippen molar-refractivity contribution >= 4 is 27.9 Å². The van der Waals surface area contributed by atoms with Gasteiger partial charge in [0.2, 0.25) is 0 Å². The SMILES string of the molecule is O=C(O)COc1nc2ncccc2n1-c1ccc(C2CC2)c2ccccc12. The molecule has 27 heavy (non-hydrogen) atoms. The molecule has 0 amide bonds. The highest BCUT2D eigenvalue weighted by Gasteiger charge is 2.26. The van der Waals surface area contributed by atoms with Gasteiger partial charge in [-0.1, -0.05) is 30.3 Å². The lowest BCUT2D eigenvalue weighted by Crippen LogP contribution is -2.12. The van der Waals surface area contributed by atoms with E-state index < -0.39 is 12.6 Å². The Kier molecular flexibility index (Phi) is 3.57. The van der Waals surface area contributed by atoms with Crippen LogP contribution >= 0.6 is 0 Å². The summed E-state index contributed by atoms with van der Waals surface area (Å²) in [6, 6.07) is 16.5. The largest absolute Gasteiger partial charge is 0.479 e. The number of fused-ring (bicyclic) bond motifs is 2. The molecule has 2 heterocycles. The number of carboxylic acids is 1. The molecule has 1 aliphatic rings. The van der Waals surface area contributed by atoms with E-state index in [0.717, 1.165) is 16.6 Å². The van der Waals surface area contributed by atoms with E-state index >= 15 is 0 Å². The van der Waals surface area contributed by atoms with Gasteiger partial charge in [0.1, 0.15) is 0 Å². The molecule has 4 aromatic rings. The molecule has 0 radical (unpaired) electrons. The molecule has 1 saturated carbocycles. The first-order valence-electron chi connectivity index (χ1n) is 8.92. The fourth-order valence-electron chi connectivity index (χ4n) is 3.60. The molecule has 6 nitrogen and oxygen atoms in total. The number of hydrogen-bond donors (Lipinski definition) is 1. The van der Waals surface area contributed by atoms with Crippen LogP contribution in [-0.2, 0) is 4.79 Å². The smallest absolute Gasteiger partial charge is 0.341 e. The van der Waals surface area contributed by atoms with Gasteiger partial charge in [0.05, 0.1) is 11.2 Å². The Labute approximate surface area is 155 Å². The Morgan fingerprint density at radius 3 is 2.70 bits per heavy atom. The van der Waals surface area contributed by atoms with Gasteiger partial charge in [-0.05, 0) is 47.9 Å². The van der Waals surface area contributed by atoms with E-state index in [1.165, 1.54) is 23.8 Å². The lowest BCUT2D eigenvalue weighted by molar-refractivity contribution is -0.139. The van der Waals surface area contributed by atoms with Crippen LogP contribution < -0.4 is 4.74 Å². The van der Waals surface area contributed by atoms with Gasteiger partial charge in [-0.3, -0.25) is 4.57 Å². The Morgan fingerprint density at radius 1 is 1.11 bits per heavy atom. The molecular weight excluding hydrogens is 342 g/mol. The maximum absolute atomic E-state index is 11.0. The zero-order valence-corrected chi connectivity index (χ0v) is 14.5. The van der Waals surface area contributed by atoms with Crippen LogP contribution in [0.1, 0.15) is 24.3 Å². The van der Waals surface area contributed by atoms with Crippen molar-refractivity contribution in [3.05, 3.63) is 60.3 Å². The summed E-state index contributed by atoms with van der Waals surface area (Å²) in [5.41, 5.74) is 3.58. The maximum Gasteiger partial charge on any atom is 0.341 e. The molecule has 0 atom stereocenters. The number of hydrogen-bond acceptors (Lipinski definition) is 4. The number of rotatable bonds is 5. The molecule has 1 aliphatic carbocycles. The number of imidazole rings is 1. The Hall–Kier alpha value is -3.41. The molecule has 0 bridgehead atoms. The highest BCUT2D eigenvalue weighted by Crippen LogP contribution is 2.44. The summed E-state index contributed by atoms with van der Waals surface area (Å²) in [5, 5.41) is 11.3. The molecule has 6 heteroatoms. The Balaban J connectivity index is 1.77. The van der Waals surface area contributed by atoms with Crippen molar-refractivity contribution < 1.29 is 14.6 Å². The molecule has 2 aromatic carbocycles. The van der Waals surface area contributed by atoms with Gasteiger partial charge in [0, 0.05) is 11.6 Å². The van der Waals surface area contributed by atoms with E-state index in [2.05, 4.69) is 34.2 Å². The van der Waals surface area contributed by atoms with Crippen molar-refractivity contribution in [2.24, 2.45) is 0 Å². The van der Waals surface area contributed by atoms with E-state index in [1.54, 1.807) is 6.20 Å². The fourth-order valence-corrected chi connectivity index (χ4v) is 3.60. The average molecular weight is 359 g/mol. The standard InChI is InChI=1S/C21H17N3O3/c25-19(26)12-27-21-23-20-18(6-3-11-22-20)24(21)17-10-9-14(13-7-8-13)15-4-1-2-5-16(15)17/h1-6,9-11,13H,7-8,12H2,(H,25,26). The minimum atomic E-state index is -1.05. The molecule has 0 spiro atoms. The number of carbonyl (C=O) groups is 1. The Bertz CT molecular complexity index is 1180. The summed E-state index contributed by atoms with van der Waals surface area (Å²) >= 11 is 0. The molecule has 1 fully saturated rings. The van der Waals surface area contributed by atoms with Gasteiger partial charge < -0.3 is 9.84 Å². The topological polar surface area (TPSA) is 77.2 Å². The van der Waals surface area contributed by atoms with Gasteiger partial charge in [-0.15, -0.1) is 0 Å². The van der Waals surface area contributed by atoms with Crippen molar-refractivity contribution in [2.75, 3.05) is 6.61 Å². The summed E-state index contributed by atoms with van der Waals surface area (Å²) in [7, 11) is 0. The zero-order valence-electron chi connectivity index (χ0n) is 14.5. The van der Waals surface area contributed by atoms with Crippen LogP contribution in [0.25, 0.3) is 27.6 Å². The van der Waals surface area contributed by atoms with Crippen LogP contribution in [0.2, 0.25) is 0 Å². The van der Waals surface area contributed by atoms with Gasteiger partial charge in [-0.25, -0.2) is 9.78 Å². The summed E-state index contributed by atoms with van der Waals surface area (Å²) in [6.07, 6.45) is 4.12. The normalized spacial score (nSPS) is 13.9. The van der Waals surface area contributed by atoms with Crippen molar-refractivity contribution in [2.45, 2.75) is 18.8 Å². The lowest BCUT2D eigenvalue weighted by atomic mass is 9.99. The van der Waals surface area contributed by atoms with E-state index in [4.69, 9.17) is 9.84 Å². The maximum atomic E-state index is 11.0. The minimum Gasteiger partial charge on any atom is -0.479 e. The summed E-state index contributed by atoms with van der Waals surface area (Å²) in [4.78, 5) is 19.7. The summed E-state index contributed by atoms with van der Waals surface area (Å²) < 4.78 is 7.34. The predicted molar refractivity (Wildman–Crippen MR) is 101 cm³/mol. The molecule has 0 unspecified atom stereocenters. The van der Waals surface area contributed by atoms with Crippen molar-refractivity contribution in [3.63, 3.8) is 0 Å². The van der Waals surface area contributed by atoms with E-state index in [0.29, 0.717) is 11.6 Å². The van der Waals surface area contributed by atoms with Crippen LogP contribution in [0.3, 0.4) is 0 Å². The third-order valence-corrected chi connectivity index (χ3v) is 4.92. The molecule has 0 saturated heterocycles. The molecule has 134 valence electrons. The highest BCUT2D eigenvalue weighted by molar-refractivity contribution is 5.95. The van der Waals surface area contributed by atoms with Gasteiger partial charge in [0.15, 0.2) is 12.3 Å². The summed E-state index contributed by atoms with van der Waals surface area (Å²) in [5.74, 6) is -0.414. The minimum absolute atomic E-state index is 0.232. The number of benzene rings is 2. The van der Waals surface area contributed by atoms with Crippen LogP contribution in [0.5, 0.6) is 6.01 Å². The van der Waals surface area contributed by atoms with Crippen molar-refractivity contribution in [1.29, 1.82) is 0 Å².